The molecule has 8 nitrogen and oxygen atoms in total. The van der Waals surface area contributed by atoms with Crippen LogP contribution in [0.4, 0.5) is 18.9 Å². The molecule has 3 aromatic rings. The standard InChI is InChI=1S/C20H16ClF3N4O4/c21-16-5-4-14(28(30)31)11-15(16)18(29)25-6-3-9-32-19-17(27-7-1-2-8-27)10-13(12-26-19)20(22,23)24/h1-2,4-5,7-8,10-12H,3,6,9H2,(H,25,29). The maximum atomic E-state index is 13.0. The van der Waals surface area contributed by atoms with Crippen LogP contribution >= 0.6 is 11.6 Å². The largest absolute Gasteiger partial charge is 0.476 e. The predicted octanol–water partition coefficient (Wildman–Crippen LogP) is 4.65. The van der Waals surface area contributed by atoms with Crippen LogP contribution in [0.15, 0.2) is 55.0 Å². The molecule has 0 aliphatic rings. The Morgan fingerprint density at radius 3 is 2.62 bits per heavy atom. The van der Waals surface area contributed by atoms with E-state index in [-0.39, 0.29) is 41.0 Å². The molecule has 0 aliphatic carbocycles. The molecule has 1 aromatic carbocycles. The van der Waals surface area contributed by atoms with Crippen molar-refractivity contribution in [2.45, 2.75) is 12.6 Å². The summed E-state index contributed by atoms with van der Waals surface area (Å²) in [5.41, 5.74) is -1.10. The molecule has 2 aromatic heterocycles. The number of halogens is 4. The van der Waals surface area contributed by atoms with Gasteiger partial charge in [0, 0.05) is 37.3 Å². The average molecular weight is 469 g/mol. The van der Waals surface area contributed by atoms with Crippen LogP contribution in [0.1, 0.15) is 22.3 Å². The number of benzene rings is 1. The first-order valence-corrected chi connectivity index (χ1v) is 9.60. The molecule has 1 N–H and O–H groups in total. The number of aromatic nitrogens is 2. The summed E-state index contributed by atoms with van der Waals surface area (Å²) in [6.07, 6.45) is -0.438. The summed E-state index contributed by atoms with van der Waals surface area (Å²) in [5, 5.41) is 13.5. The number of hydrogen-bond acceptors (Lipinski definition) is 5. The zero-order valence-electron chi connectivity index (χ0n) is 16.3. The number of hydrogen-bond donors (Lipinski definition) is 1. The van der Waals surface area contributed by atoms with Gasteiger partial charge in [-0.05, 0) is 30.7 Å². The minimum atomic E-state index is -4.55. The minimum absolute atomic E-state index is 0.00209. The number of ether oxygens (including phenoxy) is 1. The first-order valence-electron chi connectivity index (χ1n) is 9.22. The summed E-state index contributed by atoms with van der Waals surface area (Å²) in [5.74, 6) is -0.596. The van der Waals surface area contributed by atoms with E-state index in [1.165, 1.54) is 16.7 Å². The summed E-state index contributed by atoms with van der Waals surface area (Å²) in [4.78, 5) is 26.2. The van der Waals surface area contributed by atoms with Gasteiger partial charge in [-0.3, -0.25) is 14.9 Å². The van der Waals surface area contributed by atoms with Crippen molar-refractivity contribution < 1.29 is 27.6 Å². The van der Waals surface area contributed by atoms with Gasteiger partial charge in [0.25, 0.3) is 11.6 Å². The van der Waals surface area contributed by atoms with Crippen LogP contribution in [0.5, 0.6) is 5.88 Å². The quantitative estimate of drug-likeness (QED) is 0.295. The molecule has 0 unspecified atom stereocenters. The summed E-state index contributed by atoms with van der Waals surface area (Å²) < 4.78 is 46.1. The fraction of sp³-hybridized carbons (Fsp3) is 0.200. The third-order valence-electron chi connectivity index (χ3n) is 4.29. The Morgan fingerprint density at radius 1 is 1.25 bits per heavy atom. The number of alkyl halides is 3. The van der Waals surface area contributed by atoms with E-state index in [1.807, 2.05) is 0 Å². The Labute approximate surface area is 184 Å². The van der Waals surface area contributed by atoms with E-state index in [0.717, 1.165) is 12.1 Å². The van der Waals surface area contributed by atoms with Crippen LogP contribution in [-0.2, 0) is 6.18 Å². The second kappa shape index (κ2) is 9.69. The molecule has 12 heteroatoms. The Morgan fingerprint density at radius 2 is 1.97 bits per heavy atom. The van der Waals surface area contributed by atoms with Crippen LogP contribution in [0, 0.1) is 10.1 Å². The highest BCUT2D eigenvalue weighted by Gasteiger charge is 2.32. The fourth-order valence-corrected chi connectivity index (χ4v) is 2.93. The molecule has 0 saturated heterocycles. The zero-order valence-corrected chi connectivity index (χ0v) is 17.1. The maximum Gasteiger partial charge on any atom is 0.417 e. The number of amides is 1. The van der Waals surface area contributed by atoms with E-state index in [4.69, 9.17) is 16.3 Å². The van der Waals surface area contributed by atoms with Crippen molar-refractivity contribution in [1.82, 2.24) is 14.9 Å². The highest BCUT2D eigenvalue weighted by Crippen LogP contribution is 2.32. The average Bonchev–Trinajstić information content (AvgIpc) is 3.27. The number of nitrogens with zero attached hydrogens (tertiary/aromatic N) is 3. The van der Waals surface area contributed by atoms with Crippen LogP contribution < -0.4 is 10.1 Å². The van der Waals surface area contributed by atoms with Crippen LogP contribution in [0.3, 0.4) is 0 Å². The number of carbonyl (C=O) groups excluding carboxylic acids is 1. The molecule has 3 rings (SSSR count). The van der Waals surface area contributed by atoms with E-state index in [1.54, 1.807) is 24.5 Å². The Balaban J connectivity index is 1.60. The first kappa shape index (κ1) is 23.1. The molecule has 0 aliphatic heterocycles. The van der Waals surface area contributed by atoms with Gasteiger partial charge < -0.3 is 14.6 Å². The van der Waals surface area contributed by atoms with Gasteiger partial charge in [-0.25, -0.2) is 4.98 Å². The molecule has 0 bridgehead atoms. The number of pyridine rings is 1. The third kappa shape index (κ3) is 5.55. The fourth-order valence-electron chi connectivity index (χ4n) is 2.73. The molecule has 168 valence electrons. The van der Waals surface area contributed by atoms with Crippen molar-refractivity contribution >= 4 is 23.2 Å². The minimum Gasteiger partial charge on any atom is -0.476 e. The molecule has 2 heterocycles. The van der Waals surface area contributed by atoms with Crippen molar-refractivity contribution in [3.05, 3.63) is 81.3 Å². The lowest BCUT2D eigenvalue weighted by atomic mass is 10.2. The second-order valence-corrected chi connectivity index (χ2v) is 6.92. The van der Waals surface area contributed by atoms with Gasteiger partial charge in [-0.2, -0.15) is 13.2 Å². The van der Waals surface area contributed by atoms with Crippen molar-refractivity contribution in [2.75, 3.05) is 13.2 Å². The monoisotopic (exact) mass is 468 g/mol. The number of rotatable bonds is 8. The Hall–Kier alpha value is -3.60. The van der Waals surface area contributed by atoms with E-state index in [0.29, 0.717) is 12.6 Å². The molecule has 0 fully saturated rings. The second-order valence-electron chi connectivity index (χ2n) is 6.52. The van der Waals surface area contributed by atoms with Crippen molar-refractivity contribution in [1.29, 1.82) is 0 Å². The maximum absolute atomic E-state index is 13.0. The number of non-ortho nitro benzene ring substituents is 1. The number of nitro groups is 1. The lowest BCUT2D eigenvalue weighted by molar-refractivity contribution is -0.384. The van der Waals surface area contributed by atoms with Crippen molar-refractivity contribution in [3.63, 3.8) is 0 Å². The third-order valence-corrected chi connectivity index (χ3v) is 4.62. The van der Waals surface area contributed by atoms with Gasteiger partial charge in [0.15, 0.2) is 0 Å². The number of carbonyl (C=O) groups is 1. The van der Waals surface area contributed by atoms with Crippen LogP contribution in [-0.4, -0.2) is 33.5 Å². The summed E-state index contributed by atoms with van der Waals surface area (Å²) in [6, 6.07) is 7.76. The molecule has 32 heavy (non-hydrogen) atoms. The molecule has 0 atom stereocenters. The lowest BCUT2D eigenvalue weighted by Gasteiger charge is -2.14. The normalized spacial score (nSPS) is 11.2. The summed E-state index contributed by atoms with van der Waals surface area (Å²) in [6.45, 7) is 0.187. The van der Waals surface area contributed by atoms with Gasteiger partial charge >= 0.3 is 6.18 Å². The molecular weight excluding hydrogens is 453 g/mol. The van der Waals surface area contributed by atoms with E-state index in [9.17, 15) is 28.1 Å². The van der Waals surface area contributed by atoms with Gasteiger partial charge in [0.05, 0.1) is 27.7 Å². The highest BCUT2D eigenvalue weighted by atomic mass is 35.5. The van der Waals surface area contributed by atoms with E-state index < -0.39 is 22.6 Å². The topological polar surface area (TPSA) is 99.3 Å². The Bertz CT molecular complexity index is 1120. The van der Waals surface area contributed by atoms with Gasteiger partial charge in [-0.1, -0.05) is 11.6 Å². The SMILES string of the molecule is O=C(NCCCOc1ncc(C(F)(F)F)cc1-n1cccc1)c1cc([N+](=O)[O-])ccc1Cl. The molecule has 0 spiro atoms. The number of nitro benzene ring substituents is 1. The van der Waals surface area contributed by atoms with Crippen molar-refractivity contribution in [3.8, 4) is 11.6 Å². The van der Waals surface area contributed by atoms with E-state index >= 15 is 0 Å². The number of nitrogens with one attached hydrogen (secondary N) is 1. The first-order chi connectivity index (χ1) is 15.2. The molecule has 0 saturated carbocycles. The van der Waals surface area contributed by atoms with Gasteiger partial charge in [-0.15, -0.1) is 0 Å². The zero-order chi connectivity index (χ0) is 23.3. The van der Waals surface area contributed by atoms with Gasteiger partial charge in [0.1, 0.15) is 5.69 Å². The Kier molecular flexibility index (Phi) is 6.98. The van der Waals surface area contributed by atoms with E-state index in [2.05, 4.69) is 10.3 Å². The molecule has 0 radical (unpaired) electrons. The summed E-state index contributed by atoms with van der Waals surface area (Å²) in [7, 11) is 0. The van der Waals surface area contributed by atoms with Crippen LogP contribution in [0.25, 0.3) is 5.69 Å². The summed E-state index contributed by atoms with van der Waals surface area (Å²) >= 11 is 5.93. The van der Waals surface area contributed by atoms with Gasteiger partial charge in [0.2, 0.25) is 5.88 Å². The smallest absolute Gasteiger partial charge is 0.417 e. The lowest BCUT2D eigenvalue weighted by Crippen LogP contribution is -2.26. The molecular formula is C20H16ClF3N4O4. The molecule has 1 amide bonds. The highest BCUT2D eigenvalue weighted by molar-refractivity contribution is 6.33. The van der Waals surface area contributed by atoms with Crippen LogP contribution in [0.2, 0.25) is 5.02 Å². The predicted molar refractivity (Wildman–Crippen MR) is 109 cm³/mol. The van der Waals surface area contributed by atoms with Crippen molar-refractivity contribution in [2.24, 2.45) is 0 Å².